The zero-order valence-electron chi connectivity index (χ0n) is 16.7. The van der Waals surface area contributed by atoms with Crippen LogP contribution >= 0.6 is 11.6 Å². The van der Waals surface area contributed by atoms with E-state index in [-0.39, 0.29) is 6.42 Å². The van der Waals surface area contributed by atoms with Crippen molar-refractivity contribution >= 4 is 17.6 Å². The number of halogens is 1. The third kappa shape index (κ3) is 4.78. The highest BCUT2D eigenvalue weighted by Gasteiger charge is 2.17. The van der Waals surface area contributed by atoms with Gasteiger partial charge in [-0.2, -0.15) is 5.10 Å². The first-order valence-corrected chi connectivity index (χ1v) is 10.4. The van der Waals surface area contributed by atoms with Crippen LogP contribution in [0.4, 0.5) is 0 Å². The van der Waals surface area contributed by atoms with E-state index in [0.717, 1.165) is 28.2 Å². The van der Waals surface area contributed by atoms with Crippen LogP contribution in [0.25, 0.3) is 28.2 Å². The van der Waals surface area contributed by atoms with Crippen LogP contribution in [0.15, 0.2) is 84.9 Å². The Morgan fingerprint density at radius 2 is 1.68 bits per heavy atom. The fourth-order valence-electron chi connectivity index (χ4n) is 3.34. The topological polar surface area (TPSA) is 64.3 Å². The van der Waals surface area contributed by atoms with Gasteiger partial charge in [0.2, 0.25) is 0 Å². The lowest BCUT2D eigenvalue weighted by Gasteiger charge is -2.10. The lowest BCUT2D eigenvalue weighted by atomic mass is 10.1. The highest BCUT2D eigenvalue weighted by molar-refractivity contribution is 6.32. The van der Waals surface area contributed by atoms with E-state index in [9.17, 15) is 4.79 Å². The number of hydrogen-bond donors (Lipinski definition) is 1. The van der Waals surface area contributed by atoms with Crippen LogP contribution in [0.3, 0.4) is 0 Å². The molecule has 0 aliphatic rings. The highest BCUT2D eigenvalue weighted by atomic mass is 35.5. The minimum atomic E-state index is -0.831. The summed E-state index contributed by atoms with van der Waals surface area (Å²) < 4.78 is 7.73. The van der Waals surface area contributed by atoms with Gasteiger partial charge in [0.25, 0.3) is 0 Å². The summed E-state index contributed by atoms with van der Waals surface area (Å²) in [6.45, 7) is 0.320. The number of carbonyl (C=O) groups is 1. The maximum atomic E-state index is 10.8. The zero-order chi connectivity index (χ0) is 21.6. The van der Waals surface area contributed by atoms with Gasteiger partial charge in [0, 0.05) is 17.5 Å². The second-order valence-corrected chi connectivity index (χ2v) is 7.39. The van der Waals surface area contributed by atoms with Crippen LogP contribution in [0.5, 0.6) is 5.75 Å². The normalized spacial score (nSPS) is 10.7. The lowest BCUT2D eigenvalue weighted by molar-refractivity contribution is -0.137. The first kappa shape index (κ1) is 20.7. The fourth-order valence-corrected chi connectivity index (χ4v) is 3.56. The summed E-state index contributed by atoms with van der Waals surface area (Å²) in [7, 11) is 0. The van der Waals surface area contributed by atoms with Crippen molar-refractivity contribution in [1.82, 2.24) is 9.78 Å². The number of aliphatic carboxylic acids is 1. The summed E-state index contributed by atoms with van der Waals surface area (Å²) in [5, 5.41) is 14.3. The molecule has 0 atom stereocenters. The minimum absolute atomic E-state index is 0.0709. The number of benzene rings is 3. The lowest BCUT2D eigenvalue weighted by Crippen LogP contribution is -2.03. The molecule has 0 saturated heterocycles. The molecule has 0 radical (unpaired) electrons. The van der Waals surface area contributed by atoms with Gasteiger partial charge >= 0.3 is 5.97 Å². The van der Waals surface area contributed by atoms with Crippen molar-refractivity contribution in [2.75, 3.05) is 6.61 Å². The van der Waals surface area contributed by atoms with Gasteiger partial charge in [0.05, 0.1) is 28.7 Å². The number of nitrogens with zero attached hydrogens (tertiary/aromatic N) is 2. The SMILES string of the molecule is O=C(O)CCCOc1ccccc1-c1cc(-c2ccccc2)n(-c2ccccc2Cl)n1. The highest BCUT2D eigenvalue weighted by Crippen LogP contribution is 2.34. The minimum Gasteiger partial charge on any atom is -0.493 e. The molecule has 0 fully saturated rings. The average Bonchev–Trinajstić information content (AvgIpc) is 3.23. The molecule has 3 aromatic carbocycles. The average molecular weight is 433 g/mol. The molecule has 0 unspecified atom stereocenters. The van der Waals surface area contributed by atoms with Crippen molar-refractivity contribution in [2.45, 2.75) is 12.8 Å². The molecule has 4 rings (SSSR count). The summed E-state index contributed by atoms with van der Waals surface area (Å²) >= 11 is 6.48. The number of ether oxygens (including phenoxy) is 1. The van der Waals surface area contributed by atoms with Crippen molar-refractivity contribution in [2.24, 2.45) is 0 Å². The Balaban J connectivity index is 1.75. The maximum Gasteiger partial charge on any atom is 0.303 e. The number of aromatic nitrogens is 2. The number of para-hydroxylation sites is 2. The predicted molar refractivity (Wildman–Crippen MR) is 122 cm³/mol. The molecule has 0 amide bonds. The molecule has 6 heteroatoms. The van der Waals surface area contributed by atoms with E-state index in [1.807, 2.05) is 89.6 Å². The molecule has 156 valence electrons. The molecule has 1 aromatic heterocycles. The van der Waals surface area contributed by atoms with Gasteiger partial charge in [-0.1, -0.05) is 66.2 Å². The number of carboxylic acids is 1. The molecule has 31 heavy (non-hydrogen) atoms. The van der Waals surface area contributed by atoms with Gasteiger partial charge in [-0.3, -0.25) is 4.79 Å². The van der Waals surface area contributed by atoms with Gasteiger partial charge in [0.1, 0.15) is 5.75 Å². The molecular weight excluding hydrogens is 412 g/mol. The molecule has 1 N–H and O–H groups in total. The summed E-state index contributed by atoms with van der Waals surface area (Å²) in [6, 6.07) is 27.2. The van der Waals surface area contributed by atoms with Gasteiger partial charge in [-0.25, -0.2) is 4.68 Å². The maximum absolute atomic E-state index is 10.8. The molecule has 1 heterocycles. The molecule has 5 nitrogen and oxygen atoms in total. The zero-order valence-corrected chi connectivity index (χ0v) is 17.5. The second-order valence-electron chi connectivity index (χ2n) is 6.99. The third-order valence-corrected chi connectivity index (χ3v) is 5.13. The van der Waals surface area contributed by atoms with Crippen LogP contribution < -0.4 is 4.74 Å². The van der Waals surface area contributed by atoms with E-state index in [1.54, 1.807) is 0 Å². The van der Waals surface area contributed by atoms with Gasteiger partial charge in [-0.05, 0) is 36.8 Å². The molecular formula is C25H21ClN2O3. The Morgan fingerprint density at radius 1 is 0.968 bits per heavy atom. The third-order valence-electron chi connectivity index (χ3n) is 4.82. The Kier molecular flexibility index (Phi) is 6.34. The second kappa shape index (κ2) is 9.49. The van der Waals surface area contributed by atoms with Crippen LogP contribution in [0.2, 0.25) is 5.02 Å². The quantitative estimate of drug-likeness (QED) is 0.341. The predicted octanol–water partition coefficient (Wildman–Crippen LogP) is 6.10. The summed E-state index contributed by atoms with van der Waals surface area (Å²) in [6.07, 6.45) is 0.508. The van der Waals surface area contributed by atoms with Crippen molar-refractivity contribution in [1.29, 1.82) is 0 Å². The number of carboxylic acid groups (broad SMARTS) is 1. The molecule has 0 bridgehead atoms. The van der Waals surface area contributed by atoms with E-state index >= 15 is 0 Å². The van der Waals surface area contributed by atoms with Crippen LogP contribution in [0.1, 0.15) is 12.8 Å². The summed E-state index contributed by atoms with van der Waals surface area (Å²) in [5.74, 6) is -0.167. The van der Waals surface area contributed by atoms with E-state index in [2.05, 4.69) is 0 Å². The van der Waals surface area contributed by atoms with Crippen LogP contribution in [0, 0.1) is 0 Å². The van der Waals surface area contributed by atoms with Crippen LogP contribution in [-0.4, -0.2) is 27.5 Å². The smallest absolute Gasteiger partial charge is 0.303 e. The molecule has 0 aliphatic carbocycles. The molecule has 4 aromatic rings. The standard InChI is InChI=1S/C25H21ClN2O3/c26-20-12-5-6-13-22(20)28-23(18-9-2-1-3-10-18)17-21(27-28)19-11-4-7-14-24(19)31-16-8-15-25(29)30/h1-7,9-14,17H,8,15-16H2,(H,29,30). The Labute approximate surface area is 185 Å². The first-order chi connectivity index (χ1) is 15.1. The Bertz CT molecular complexity index is 1190. The van der Waals surface area contributed by atoms with Gasteiger partial charge in [-0.15, -0.1) is 0 Å². The van der Waals surface area contributed by atoms with Gasteiger partial charge in [0.15, 0.2) is 0 Å². The van der Waals surface area contributed by atoms with E-state index in [0.29, 0.717) is 23.8 Å². The fraction of sp³-hybridized carbons (Fsp3) is 0.120. The van der Waals surface area contributed by atoms with Crippen molar-refractivity contribution < 1.29 is 14.6 Å². The Morgan fingerprint density at radius 3 is 2.45 bits per heavy atom. The van der Waals surface area contributed by atoms with Gasteiger partial charge < -0.3 is 9.84 Å². The summed E-state index contributed by atoms with van der Waals surface area (Å²) in [4.78, 5) is 10.8. The monoisotopic (exact) mass is 432 g/mol. The summed E-state index contributed by atoms with van der Waals surface area (Å²) in [5.41, 5.74) is 4.29. The molecule has 0 saturated carbocycles. The van der Waals surface area contributed by atoms with Crippen molar-refractivity contribution in [3.8, 4) is 34.0 Å². The Hall–Kier alpha value is -3.57. The molecule has 0 spiro atoms. The number of hydrogen-bond acceptors (Lipinski definition) is 3. The largest absolute Gasteiger partial charge is 0.493 e. The van der Waals surface area contributed by atoms with Crippen LogP contribution in [-0.2, 0) is 4.79 Å². The first-order valence-electron chi connectivity index (χ1n) is 9.98. The van der Waals surface area contributed by atoms with E-state index in [1.165, 1.54) is 0 Å². The van der Waals surface area contributed by atoms with Crippen molar-refractivity contribution in [3.05, 3.63) is 90.0 Å². The molecule has 0 aliphatic heterocycles. The van der Waals surface area contributed by atoms with E-state index < -0.39 is 5.97 Å². The van der Waals surface area contributed by atoms with E-state index in [4.69, 9.17) is 26.5 Å². The number of rotatable bonds is 8. The van der Waals surface area contributed by atoms with Crippen molar-refractivity contribution in [3.63, 3.8) is 0 Å².